The minimum absolute atomic E-state index is 0. The van der Waals surface area contributed by atoms with E-state index in [9.17, 15) is 0 Å². The Kier molecular flexibility index (Phi) is 25.6. The summed E-state index contributed by atoms with van der Waals surface area (Å²) in [4.78, 5) is 0. The Balaban J connectivity index is -0.000000498. The van der Waals surface area contributed by atoms with Gasteiger partial charge in [-0.2, -0.15) is 9.90 Å². The molecular formula is C20H48NO4P. The van der Waals surface area contributed by atoms with Crippen molar-refractivity contribution < 1.29 is 20.1 Å². The number of nitrogens with two attached hydrogens (primary N) is 1. The molecule has 0 aromatic rings. The van der Waals surface area contributed by atoms with Crippen LogP contribution in [0.15, 0.2) is 0 Å². The van der Waals surface area contributed by atoms with Gasteiger partial charge in [-0.25, -0.2) is 0 Å². The third-order valence-electron chi connectivity index (χ3n) is 4.50. The maximum absolute atomic E-state index is 8.34. The maximum Gasteiger partial charge on any atom is 0.0856 e. The third kappa shape index (κ3) is 17.6. The highest BCUT2D eigenvalue weighted by Gasteiger charge is 2.20. The number of ether oxygens (including phenoxy) is 1. The molecule has 0 aliphatic heterocycles. The highest BCUT2D eigenvalue weighted by molar-refractivity contribution is 6.92. The van der Waals surface area contributed by atoms with Crippen LogP contribution in [0.1, 0.15) is 91.9 Å². The zero-order valence-electron chi connectivity index (χ0n) is 17.9. The van der Waals surface area contributed by atoms with E-state index in [4.69, 9.17) is 25.8 Å². The van der Waals surface area contributed by atoms with E-state index >= 15 is 0 Å². The zero-order valence-corrected chi connectivity index (χ0v) is 19.3. The number of hydrogen-bond donors (Lipinski definition) is 4. The van der Waals surface area contributed by atoms with E-state index in [2.05, 4.69) is 27.7 Å². The Morgan fingerprint density at radius 3 is 1.27 bits per heavy atom. The topological polar surface area (TPSA) is 95.9 Å². The van der Waals surface area contributed by atoms with Gasteiger partial charge in [0.05, 0.1) is 37.6 Å². The smallest absolute Gasteiger partial charge is 0.0856 e. The fourth-order valence-electron chi connectivity index (χ4n) is 2.40. The van der Waals surface area contributed by atoms with E-state index in [0.717, 1.165) is 0 Å². The van der Waals surface area contributed by atoms with Crippen molar-refractivity contribution >= 4 is 9.90 Å². The highest BCUT2D eigenvalue weighted by Crippen LogP contribution is 2.17. The van der Waals surface area contributed by atoms with Crippen LogP contribution in [0, 0.1) is 0 Å². The molecule has 0 spiro atoms. The number of rotatable bonds is 15. The molecule has 0 saturated heterocycles. The lowest BCUT2D eigenvalue weighted by Crippen LogP contribution is -2.50. The lowest BCUT2D eigenvalue weighted by Gasteiger charge is -2.23. The Hall–Kier alpha value is 0.230. The first kappa shape index (κ1) is 30.9. The van der Waals surface area contributed by atoms with Gasteiger partial charge in [0.2, 0.25) is 0 Å². The van der Waals surface area contributed by atoms with E-state index in [-0.39, 0.29) is 9.90 Å². The van der Waals surface area contributed by atoms with Crippen LogP contribution in [0.25, 0.3) is 0 Å². The normalized spacial score (nSPS) is 13.4. The average Bonchev–Trinajstić information content (AvgIpc) is 2.66. The van der Waals surface area contributed by atoms with Gasteiger partial charge in [-0.3, -0.25) is 0 Å². The highest BCUT2D eigenvalue weighted by atomic mass is 31.0. The first-order valence-electron chi connectivity index (χ1n) is 10.2. The van der Waals surface area contributed by atoms with Crippen LogP contribution >= 0.6 is 9.90 Å². The molecule has 0 rings (SSSR count). The van der Waals surface area contributed by atoms with E-state index < -0.39 is 25.4 Å². The van der Waals surface area contributed by atoms with Crippen molar-refractivity contribution in [3.63, 3.8) is 0 Å². The van der Waals surface area contributed by atoms with Crippen molar-refractivity contribution in [1.29, 1.82) is 0 Å². The van der Waals surface area contributed by atoms with Crippen LogP contribution in [0.4, 0.5) is 0 Å². The molecule has 0 aliphatic rings. The summed E-state index contributed by atoms with van der Waals surface area (Å²) in [5.74, 6) is 0. The monoisotopic (exact) mass is 397 g/mol. The largest absolute Gasteiger partial charge is 0.394 e. The number of aliphatic hydroxyl groups is 3. The van der Waals surface area contributed by atoms with Gasteiger partial charge in [0.15, 0.2) is 0 Å². The van der Waals surface area contributed by atoms with E-state index in [0.29, 0.717) is 12.2 Å². The number of unbranched alkanes of at least 4 members (excludes halogenated alkanes) is 4. The maximum atomic E-state index is 8.34. The fourth-order valence-corrected chi connectivity index (χ4v) is 2.40. The SMILES string of the molecule is CCCCCC(CC)OC(CC)CCCCC.NC(CO)(CO)CO.P. The molecule has 3 atom stereocenters. The molecule has 0 saturated carbocycles. The lowest BCUT2D eigenvalue weighted by molar-refractivity contribution is -0.0256. The minimum Gasteiger partial charge on any atom is -0.394 e. The molecule has 0 bridgehead atoms. The van der Waals surface area contributed by atoms with Crippen molar-refractivity contribution in [1.82, 2.24) is 0 Å². The van der Waals surface area contributed by atoms with Gasteiger partial charge in [0, 0.05) is 0 Å². The molecule has 162 valence electrons. The first-order valence-corrected chi connectivity index (χ1v) is 10.2. The molecule has 0 fully saturated rings. The van der Waals surface area contributed by atoms with Crippen LogP contribution < -0.4 is 5.73 Å². The summed E-state index contributed by atoms with van der Waals surface area (Å²) in [5.41, 5.74) is 3.94. The van der Waals surface area contributed by atoms with Crippen molar-refractivity contribution in [3.05, 3.63) is 0 Å². The second-order valence-electron chi connectivity index (χ2n) is 7.02. The molecular weight excluding hydrogens is 349 g/mol. The van der Waals surface area contributed by atoms with Gasteiger partial charge >= 0.3 is 0 Å². The first-order chi connectivity index (χ1) is 12.0. The molecule has 0 aromatic heterocycles. The summed E-state index contributed by atoms with van der Waals surface area (Å²) in [6.07, 6.45) is 13.9. The predicted molar refractivity (Wildman–Crippen MR) is 117 cm³/mol. The van der Waals surface area contributed by atoms with E-state index in [1.165, 1.54) is 64.2 Å². The molecule has 0 aliphatic carbocycles. The summed E-state index contributed by atoms with van der Waals surface area (Å²) in [5, 5.41) is 25.0. The van der Waals surface area contributed by atoms with Crippen LogP contribution in [0.2, 0.25) is 0 Å². The van der Waals surface area contributed by atoms with Gasteiger partial charge < -0.3 is 25.8 Å². The quantitative estimate of drug-likeness (QED) is 0.251. The van der Waals surface area contributed by atoms with Gasteiger partial charge in [-0.1, -0.05) is 66.2 Å². The summed E-state index contributed by atoms with van der Waals surface area (Å²) >= 11 is 0. The van der Waals surface area contributed by atoms with Crippen LogP contribution in [-0.2, 0) is 4.74 Å². The second-order valence-corrected chi connectivity index (χ2v) is 7.02. The van der Waals surface area contributed by atoms with Crippen LogP contribution in [-0.4, -0.2) is 52.9 Å². The number of aliphatic hydroxyl groups excluding tert-OH is 3. The molecule has 0 amide bonds. The van der Waals surface area contributed by atoms with Crippen molar-refractivity contribution in [3.8, 4) is 0 Å². The molecule has 0 radical (unpaired) electrons. The Bertz CT molecular complexity index is 242. The van der Waals surface area contributed by atoms with Gasteiger partial charge in [-0.15, -0.1) is 0 Å². The predicted octanol–water partition coefficient (Wildman–Crippen LogP) is 3.44. The molecule has 0 heterocycles. The molecule has 0 aromatic carbocycles. The molecule has 5 N–H and O–H groups in total. The van der Waals surface area contributed by atoms with E-state index in [1.807, 2.05) is 0 Å². The van der Waals surface area contributed by atoms with E-state index in [1.54, 1.807) is 0 Å². The Morgan fingerprint density at radius 1 is 0.731 bits per heavy atom. The summed E-state index contributed by atoms with van der Waals surface area (Å²) < 4.78 is 6.24. The summed E-state index contributed by atoms with van der Waals surface area (Å²) in [7, 11) is 0. The molecule has 6 heteroatoms. The zero-order chi connectivity index (χ0) is 19.6. The minimum atomic E-state index is -1.21. The van der Waals surface area contributed by atoms with Crippen LogP contribution in [0.3, 0.4) is 0 Å². The van der Waals surface area contributed by atoms with Gasteiger partial charge in [0.1, 0.15) is 0 Å². The lowest BCUT2D eigenvalue weighted by atomic mass is 10.1. The number of hydrogen-bond acceptors (Lipinski definition) is 5. The molecule has 5 nitrogen and oxygen atoms in total. The standard InChI is InChI=1S/C16H34O.C4H11NO3.H3P/c1-5-9-11-13-15(7-3)17-16(8-4)14-12-10-6-2;5-4(1-6,2-7)3-8;/h15-16H,5-14H2,1-4H3;6-8H,1-3,5H2;1H3. The molecule has 26 heavy (non-hydrogen) atoms. The fraction of sp³-hybridized carbons (Fsp3) is 1.00. The van der Waals surface area contributed by atoms with Gasteiger partial charge in [0.25, 0.3) is 0 Å². The summed E-state index contributed by atoms with van der Waals surface area (Å²) in [6, 6.07) is 0. The van der Waals surface area contributed by atoms with Crippen LogP contribution in [0.5, 0.6) is 0 Å². The van der Waals surface area contributed by atoms with Crippen molar-refractivity contribution in [2.45, 2.75) is 110 Å². The summed E-state index contributed by atoms with van der Waals surface area (Å²) in [6.45, 7) is 7.84. The second kappa shape index (κ2) is 21.5. The van der Waals surface area contributed by atoms with Crippen molar-refractivity contribution in [2.75, 3.05) is 19.8 Å². The Labute approximate surface area is 165 Å². The molecule has 3 unspecified atom stereocenters. The van der Waals surface area contributed by atoms with Crippen molar-refractivity contribution in [2.24, 2.45) is 5.73 Å². The average molecular weight is 398 g/mol. The Morgan fingerprint density at radius 2 is 1.08 bits per heavy atom. The third-order valence-corrected chi connectivity index (χ3v) is 4.50. The van der Waals surface area contributed by atoms with Gasteiger partial charge in [-0.05, 0) is 25.7 Å².